The van der Waals surface area contributed by atoms with Gasteiger partial charge in [-0.05, 0) is 39.2 Å². The highest BCUT2D eigenvalue weighted by atomic mass is 16.5. The third-order valence-electron chi connectivity index (χ3n) is 5.77. The van der Waals surface area contributed by atoms with Crippen molar-refractivity contribution in [2.45, 2.75) is 78.0 Å². The molecule has 0 spiro atoms. The summed E-state index contributed by atoms with van der Waals surface area (Å²) in [6, 6.07) is 2.29. The third-order valence-corrected chi connectivity index (χ3v) is 5.77. The maximum atomic E-state index is 13.2. The molecule has 2 aliphatic heterocycles. The highest BCUT2D eigenvalue weighted by Crippen LogP contribution is 2.33. The van der Waals surface area contributed by atoms with Crippen LogP contribution in [0.4, 0.5) is 0 Å². The molecule has 0 radical (unpaired) electrons. The topological polar surface area (TPSA) is 80.3 Å². The summed E-state index contributed by atoms with van der Waals surface area (Å²) in [6.07, 6.45) is 2.83. The van der Waals surface area contributed by atoms with E-state index in [2.05, 4.69) is 34.0 Å². The van der Waals surface area contributed by atoms with Crippen LogP contribution in [-0.2, 0) is 13.1 Å². The lowest BCUT2D eigenvalue weighted by molar-refractivity contribution is 0.0703. The lowest BCUT2D eigenvalue weighted by Gasteiger charge is -2.23. The van der Waals surface area contributed by atoms with Gasteiger partial charge in [-0.15, -0.1) is 0 Å². The van der Waals surface area contributed by atoms with Crippen LogP contribution in [0.5, 0.6) is 0 Å². The number of aromatic nitrogens is 4. The van der Waals surface area contributed by atoms with Crippen molar-refractivity contribution in [1.82, 2.24) is 29.7 Å². The van der Waals surface area contributed by atoms with E-state index in [1.807, 2.05) is 29.5 Å². The molecule has 1 saturated heterocycles. The highest BCUT2D eigenvalue weighted by Gasteiger charge is 2.36. The van der Waals surface area contributed by atoms with Gasteiger partial charge in [0.1, 0.15) is 6.04 Å². The highest BCUT2D eigenvalue weighted by molar-refractivity contribution is 5.92. The summed E-state index contributed by atoms with van der Waals surface area (Å²) in [6.45, 7) is 11.9. The molecule has 1 fully saturated rings. The van der Waals surface area contributed by atoms with Gasteiger partial charge in [-0.3, -0.25) is 14.4 Å². The van der Waals surface area contributed by atoms with E-state index in [-0.39, 0.29) is 17.9 Å². The minimum absolute atomic E-state index is 0.0385. The maximum absolute atomic E-state index is 13.2. The summed E-state index contributed by atoms with van der Waals surface area (Å²) >= 11 is 0. The van der Waals surface area contributed by atoms with E-state index >= 15 is 0 Å². The second kappa shape index (κ2) is 7.66. The summed E-state index contributed by atoms with van der Waals surface area (Å²) in [4.78, 5) is 22.0. The Morgan fingerprint density at radius 3 is 2.71 bits per heavy atom. The molecule has 0 bridgehead atoms. The van der Waals surface area contributed by atoms with Crippen molar-refractivity contribution in [1.29, 1.82) is 0 Å². The predicted octanol–water partition coefficient (Wildman–Crippen LogP) is 2.98. The van der Waals surface area contributed by atoms with Crippen molar-refractivity contribution < 1.29 is 9.32 Å². The Labute approximate surface area is 165 Å². The average molecular weight is 387 g/mol. The van der Waals surface area contributed by atoms with Crippen LogP contribution in [0, 0.1) is 0 Å². The number of hydrogen-bond acceptors (Lipinski definition) is 6. The van der Waals surface area contributed by atoms with Gasteiger partial charge < -0.3 is 9.42 Å². The summed E-state index contributed by atoms with van der Waals surface area (Å²) < 4.78 is 7.48. The molecule has 8 nitrogen and oxygen atoms in total. The zero-order valence-electron chi connectivity index (χ0n) is 17.3. The fourth-order valence-electron chi connectivity index (χ4n) is 4.06. The molecule has 2 aliphatic rings. The molecule has 1 amide bonds. The molecule has 28 heavy (non-hydrogen) atoms. The largest absolute Gasteiger partial charge is 0.337 e. The summed E-state index contributed by atoms with van der Waals surface area (Å²) in [5.41, 5.74) is 1.64. The van der Waals surface area contributed by atoms with Crippen molar-refractivity contribution in [2.24, 2.45) is 0 Å². The minimum Gasteiger partial charge on any atom is -0.337 e. The molecule has 4 rings (SSSR count). The Morgan fingerprint density at radius 1 is 1.18 bits per heavy atom. The monoisotopic (exact) mass is 386 g/mol. The van der Waals surface area contributed by atoms with Crippen LogP contribution in [0.2, 0.25) is 0 Å². The van der Waals surface area contributed by atoms with E-state index in [1.165, 1.54) is 0 Å². The van der Waals surface area contributed by atoms with Gasteiger partial charge in [0.15, 0.2) is 11.5 Å². The minimum atomic E-state index is -0.152. The molecular formula is C20H30N6O2. The van der Waals surface area contributed by atoms with E-state index in [4.69, 9.17) is 4.52 Å². The number of carbonyl (C=O) groups excluding carboxylic acids is 1. The van der Waals surface area contributed by atoms with E-state index in [0.717, 1.165) is 44.6 Å². The van der Waals surface area contributed by atoms with Crippen LogP contribution in [0.15, 0.2) is 10.6 Å². The first-order chi connectivity index (χ1) is 13.4. The van der Waals surface area contributed by atoms with Crippen molar-refractivity contribution in [2.75, 3.05) is 13.1 Å². The SMILES string of the molecule is CC(C)c1noc(C2CCCN2C(=O)c2cc3n(n2)CCCN(C(C)C)C3)n1. The smallest absolute Gasteiger partial charge is 0.275 e. The molecule has 8 heteroatoms. The lowest BCUT2D eigenvalue weighted by atomic mass is 10.2. The predicted molar refractivity (Wildman–Crippen MR) is 104 cm³/mol. The Balaban J connectivity index is 1.54. The number of hydrogen-bond donors (Lipinski definition) is 0. The number of amides is 1. The zero-order valence-corrected chi connectivity index (χ0v) is 17.3. The number of carbonyl (C=O) groups is 1. The van der Waals surface area contributed by atoms with Crippen LogP contribution in [0.25, 0.3) is 0 Å². The van der Waals surface area contributed by atoms with Gasteiger partial charge in [-0.25, -0.2) is 0 Å². The van der Waals surface area contributed by atoms with Crippen LogP contribution in [-0.4, -0.2) is 54.8 Å². The second-order valence-corrected chi connectivity index (χ2v) is 8.46. The molecule has 0 N–H and O–H groups in total. The van der Waals surface area contributed by atoms with Gasteiger partial charge in [0, 0.05) is 38.1 Å². The van der Waals surface area contributed by atoms with Crippen LogP contribution in [0.3, 0.4) is 0 Å². The molecule has 2 aromatic heterocycles. The fraction of sp³-hybridized carbons (Fsp3) is 0.700. The van der Waals surface area contributed by atoms with E-state index in [0.29, 0.717) is 30.0 Å². The van der Waals surface area contributed by atoms with Gasteiger partial charge in [0.2, 0.25) is 5.89 Å². The lowest BCUT2D eigenvalue weighted by Crippen LogP contribution is -2.31. The van der Waals surface area contributed by atoms with Gasteiger partial charge in [0.05, 0.1) is 5.69 Å². The zero-order chi connectivity index (χ0) is 19.8. The Bertz CT molecular complexity index is 840. The molecule has 1 atom stereocenters. The number of aryl methyl sites for hydroxylation is 1. The molecule has 2 aromatic rings. The van der Waals surface area contributed by atoms with Crippen LogP contribution < -0.4 is 0 Å². The van der Waals surface area contributed by atoms with Gasteiger partial charge in [-0.1, -0.05) is 19.0 Å². The van der Waals surface area contributed by atoms with Crippen molar-refractivity contribution in [3.63, 3.8) is 0 Å². The molecule has 152 valence electrons. The summed E-state index contributed by atoms with van der Waals surface area (Å²) in [7, 11) is 0. The standard InChI is InChI=1S/C20H30N6O2/c1-13(2)18-21-19(28-23-18)17-7-5-9-25(17)20(27)16-11-15-12-24(14(3)4)8-6-10-26(15)22-16/h11,13-14,17H,5-10,12H2,1-4H3. The van der Waals surface area contributed by atoms with Crippen molar-refractivity contribution in [3.05, 3.63) is 29.2 Å². The Hall–Kier alpha value is -2.22. The molecular weight excluding hydrogens is 356 g/mol. The molecule has 0 aliphatic carbocycles. The number of rotatable bonds is 4. The van der Waals surface area contributed by atoms with Gasteiger partial charge in [0.25, 0.3) is 5.91 Å². The number of likely N-dealkylation sites (tertiary alicyclic amines) is 1. The summed E-state index contributed by atoms with van der Waals surface area (Å²) in [5, 5.41) is 8.71. The van der Waals surface area contributed by atoms with Crippen molar-refractivity contribution in [3.8, 4) is 0 Å². The summed E-state index contributed by atoms with van der Waals surface area (Å²) in [5.74, 6) is 1.40. The molecule has 1 unspecified atom stereocenters. The average Bonchev–Trinajstić information content (AvgIpc) is 3.37. The normalized spacial score (nSPS) is 20.8. The van der Waals surface area contributed by atoms with E-state index in [9.17, 15) is 4.79 Å². The molecule has 4 heterocycles. The van der Waals surface area contributed by atoms with Crippen LogP contribution >= 0.6 is 0 Å². The molecule has 0 aromatic carbocycles. The van der Waals surface area contributed by atoms with Crippen molar-refractivity contribution >= 4 is 5.91 Å². The van der Waals surface area contributed by atoms with Gasteiger partial charge in [-0.2, -0.15) is 10.1 Å². The number of nitrogens with zero attached hydrogens (tertiary/aromatic N) is 6. The molecule has 0 saturated carbocycles. The first-order valence-electron chi connectivity index (χ1n) is 10.4. The second-order valence-electron chi connectivity index (χ2n) is 8.46. The maximum Gasteiger partial charge on any atom is 0.275 e. The first kappa shape index (κ1) is 19.1. The third kappa shape index (κ3) is 3.57. The first-order valence-corrected chi connectivity index (χ1v) is 10.4. The van der Waals surface area contributed by atoms with Crippen LogP contribution in [0.1, 0.15) is 86.8 Å². The van der Waals surface area contributed by atoms with E-state index < -0.39 is 0 Å². The Kier molecular flexibility index (Phi) is 5.23. The van der Waals surface area contributed by atoms with Gasteiger partial charge >= 0.3 is 0 Å². The Morgan fingerprint density at radius 2 is 2.00 bits per heavy atom. The number of fused-ring (bicyclic) bond motifs is 1. The fourth-order valence-corrected chi connectivity index (χ4v) is 4.06. The quantitative estimate of drug-likeness (QED) is 0.804. The van der Waals surface area contributed by atoms with E-state index in [1.54, 1.807) is 0 Å².